The van der Waals surface area contributed by atoms with Crippen LogP contribution in [-0.2, 0) is 14.3 Å². The Labute approximate surface area is 198 Å². The molecular weight excluding hydrogens is 497 g/mol. The maximum absolute atomic E-state index is 12.0. The van der Waals surface area contributed by atoms with E-state index in [9.17, 15) is 4.79 Å². The number of aliphatic imine (C=N–C) groups is 1. The largest absolute Gasteiger partial charge is 0.379 e. The molecule has 2 atom stereocenters. The van der Waals surface area contributed by atoms with Crippen LogP contribution >= 0.6 is 24.0 Å². The van der Waals surface area contributed by atoms with Gasteiger partial charge in [0.1, 0.15) is 6.54 Å². The number of nitrogens with zero attached hydrogens (tertiary/aromatic N) is 3. The van der Waals surface area contributed by atoms with Gasteiger partial charge in [-0.15, -0.1) is 24.0 Å². The molecule has 2 N–H and O–H groups in total. The Hall–Kier alpha value is -0.650. The molecule has 9 heteroatoms. The number of carbonyl (C=O) groups is 1. The van der Waals surface area contributed by atoms with Crippen molar-refractivity contribution in [2.75, 3.05) is 66.6 Å². The van der Waals surface area contributed by atoms with Crippen LogP contribution in [0.1, 0.15) is 39.0 Å². The van der Waals surface area contributed by atoms with Gasteiger partial charge in [0.25, 0.3) is 0 Å². The predicted molar refractivity (Wildman–Crippen MR) is 130 cm³/mol. The molecule has 174 valence electrons. The Balaban J connectivity index is 0.00000320. The van der Waals surface area contributed by atoms with Crippen LogP contribution < -0.4 is 10.6 Å². The van der Waals surface area contributed by atoms with Crippen LogP contribution in [-0.4, -0.2) is 100 Å². The number of ether oxygens (including phenoxy) is 2. The molecule has 0 aromatic rings. The number of hydrogen-bond acceptors (Lipinski definition) is 5. The van der Waals surface area contributed by atoms with Gasteiger partial charge in [-0.2, -0.15) is 0 Å². The number of nitrogens with one attached hydrogen (secondary N) is 2. The lowest BCUT2D eigenvalue weighted by Crippen LogP contribution is -2.68. The van der Waals surface area contributed by atoms with Gasteiger partial charge in [0.15, 0.2) is 5.96 Å². The maximum Gasteiger partial charge on any atom is 0.243 e. The van der Waals surface area contributed by atoms with Crippen LogP contribution in [0, 0.1) is 5.41 Å². The first kappa shape index (κ1) is 25.6. The highest BCUT2D eigenvalue weighted by Gasteiger charge is 2.59. The minimum absolute atomic E-state index is 0. The second-order valence-corrected chi connectivity index (χ2v) is 8.65. The molecule has 1 saturated heterocycles. The molecule has 1 heterocycles. The van der Waals surface area contributed by atoms with E-state index >= 15 is 0 Å². The zero-order valence-corrected chi connectivity index (χ0v) is 21.2. The van der Waals surface area contributed by atoms with E-state index in [-0.39, 0.29) is 41.8 Å². The smallest absolute Gasteiger partial charge is 0.243 e. The molecule has 0 aromatic heterocycles. The van der Waals surface area contributed by atoms with E-state index in [2.05, 4.69) is 27.4 Å². The van der Waals surface area contributed by atoms with Gasteiger partial charge in [0, 0.05) is 51.8 Å². The Morgan fingerprint density at radius 2 is 2.03 bits per heavy atom. The Kier molecular flexibility index (Phi) is 10.6. The van der Waals surface area contributed by atoms with Gasteiger partial charge in [-0.25, -0.2) is 4.99 Å². The first-order valence-electron chi connectivity index (χ1n) is 11.2. The molecule has 1 aliphatic heterocycles. The number of morpholine rings is 1. The first-order chi connectivity index (χ1) is 14.0. The van der Waals surface area contributed by atoms with Crippen LogP contribution in [0.25, 0.3) is 0 Å². The quantitative estimate of drug-likeness (QED) is 0.200. The lowest BCUT2D eigenvalue weighted by molar-refractivity contribution is -0.168. The van der Waals surface area contributed by atoms with Gasteiger partial charge in [0.2, 0.25) is 5.91 Å². The molecule has 8 nitrogen and oxygen atoms in total. The summed E-state index contributed by atoms with van der Waals surface area (Å²) in [7, 11) is 3.53. The fraction of sp³-hybridized carbons (Fsp3) is 0.905. The van der Waals surface area contributed by atoms with Crippen molar-refractivity contribution in [2.24, 2.45) is 10.4 Å². The summed E-state index contributed by atoms with van der Waals surface area (Å²) in [5.74, 6) is 0.770. The van der Waals surface area contributed by atoms with Crippen molar-refractivity contribution in [2.45, 2.75) is 51.2 Å². The molecule has 3 fully saturated rings. The highest BCUT2D eigenvalue weighted by atomic mass is 127. The summed E-state index contributed by atoms with van der Waals surface area (Å²) < 4.78 is 11.4. The summed E-state index contributed by atoms with van der Waals surface area (Å²) in [5.41, 5.74) is 0.262. The zero-order chi connectivity index (χ0) is 20.7. The van der Waals surface area contributed by atoms with Crippen molar-refractivity contribution in [3.05, 3.63) is 0 Å². The number of halogens is 1. The summed E-state index contributed by atoms with van der Waals surface area (Å²) in [5, 5.41) is 7.08. The van der Waals surface area contributed by atoms with Crippen molar-refractivity contribution in [1.29, 1.82) is 0 Å². The lowest BCUT2D eigenvalue weighted by Gasteiger charge is -2.61. The molecule has 0 radical (unpaired) electrons. The monoisotopic (exact) mass is 537 g/mol. The average molecular weight is 537 g/mol. The third kappa shape index (κ3) is 6.43. The number of hydrogen-bond donors (Lipinski definition) is 2. The summed E-state index contributed by atoms with van der Waals surface area (Å²) >= 11 is 0. The van der Waals surface area contributed by atoms with Crippen molar-refractivity contribution in [1.82, 2.24) is 20.4 Å². The number of carbonyl (C=O) groups excluding carboxylic acids is 1. The van der Waals surface area contributed by atoms with Crippen LogP contribution in [0.15, 0.2) is 4.99 Å². The van der Waals surface area contributed by atoms with Crippen molar-refractivity contribution in [3.8, 4) is 0 Å². The molecular formula is C21H40IN5O3. The van der Waals surface area contributed by atoms with Gasteiger partial charge in [-0.1, -0.05) is 6.42 Å². The molecule has 2 unspecified atom stereocenters. The molecule has 1 amide bonds. The fourth-order valence-electron chi connectivity index (χ4n) is 4.58. The van der Waals surface area contributed by atoms with E-state index in [1.54, 1.807) is 19.0 Å². The van der Waals surface area contributed by atoms with Gasteiger partial charge < -0.3 is 25.0 Å². The van der Waals surface area contributed by atoms with Gasteiger partial charge in [-0.05, 0) is 39.2 Å². The molecule has 2 aliphatic carbocycles. The van der Waals surface area contributed by atoms with E-state index in [1.807, 2.05) is 0 Å². The molecule has 3 aliphatic rings. The van der Waals surface area contributed by atoms with Gasteiger partial charge >= 0.3 is 0 Å². The summed E-state index contributed by atoms with van der Waals surface area (Å²) in [6.07, 6.45) is 6.14. The Bertz CT molecular complexity index is 565. The SMILES string of the molecule is CCOC1CC(NC(=NCC(=O)N(C)C)NCCCN2CCOCC2)C12CCC2.I. The number of guanidine groups is 1. The third-order valence-corrected chi connectivity index (χ3v) is 6.67. The second kappa shape index (κ2) is 12.4. The van der Waals surface area contributed by atoms with E-state index in [0.29, 0.717) is 12.1 Å². The van der Waals surface area contributed by atoms with E-state index < -0.39 is 0 Å². The summed E-state index contributed by atoms with van der Waals surface area (Å²) in [4.78, 5) is 20.6. The van der Waals surface area contributed by atoms with E-state index in [1.165, 1.54) is 19.3 Å². The highest BCUT2D eigenvalue weighted by molar-refractivity contribution is 14.0. The zero-order valence-electron chi connectivity index (χ0n) is 18.8. The Morgan fingerprint density at radius 1 is 1.30 bits per heavy atom. The standard InChI is InChI=1S/C21H39N5O3.HI/c1-4-29-18-15-17(21(18)7-5-8-21)24-20(23-16-19(27)25(2)3)22-9-6-10-26-11-13-28-14-12-26;/h17-18H,4-16H2,1-3H3,(H2,22,23,24);1H. The van der Waals surface area contributed by atoms with Crippen LogP contribution in [0.3, 0.4) is 0 Å². The molecule has 30 heavy (non-hydrogen) atoms. The van der Waals surface area contributed by atoms with E-state index in [4.69, 9.17) is 9.47 Å². The minimum atomic E-state index is 0. The minimum Gasteiger partial charge on any atom is -0.379 e. The van der Waals surface area contributed by atoms with Gasteiger partial charge in [-0.3, -0.25) is 9.69 Å². The van der Waals surface area contributed by atoms with Crippen LogP contribution in [0.2, 0.25) is 0 Å². The number of likely N-dealkylation sites (N-methyl/N-ethyl adjacent to an activating group) is 1. The normalized spacial score (nSPS) is 25.6. The highest BCUT2D eigenvalue weighted by Crippen LogP contribution is 2.57. The van der Waals surface area contributed by atoms with Crippen molar-refractivity contribution >= 4 is 35.8 Å². The lowest BCUT2D eigenvalue weighted by atomic mass is 9.51. The summed E-state index contributed by atoms with van der Waals surface area (Å²) in [6.45, 7) is 8.60. The molecule has 3 rings (SSSR count). The molecule has 0 aromatic carbocycles. The number of amides is 1. The topological polar surface area (TPSA) is 78.4 Å². The molecule has 1 spiro atoms. The maximum atomic E-state index is 12.0. The van der Waals surface area contributed by atoms with Crippen LogP contribution in [0.4, 0.5) is 0 Å². The van der Waals surface area contributed by atoms with Gasteiger partial charge in [0.05, 0.1) is 19.3 Å². The second-order valence-electron chi connectivity index (χ2n) is 8.65. The van der Waals surface area contributed by atoms with Crippen molar-refractivity contribution in [3.63, 3.8) is 0 Å². The third-order valence-electron chi connectivity index (χ3n) is 6.67. The summed E-state index contributed by atoms with van der Waals surface area (Å²) in [6, 6.07) is 0.382. The molecule has 0 bridgehead atoms. The average Bonchev–Trinajstić information content (AvgIpc) is 2.67. The fourth-order valence-corrected chi connectivity index (χ4v) is 4.58. The van der Waals surface area contributed by atoms with Crippen molar-refractivity contribution < 1.29 is 14.3 Å². The Morgan fingerprint density at radius 3 is 2.63 bits per heavy atom. The van der Waals surface area contributed by atoms with E-state index in [0.717, 1.165) is 64.8 Å². The first-order valence-corrected chi connectivity index (χ1v) is 11.2. The predicted octanol–water partition coefficient (Wildman–Crippen LogP) is 1.30. The number of rotatable bonds is 9. The molecule has 2 saturated carbocycles. The van der Waals surface area contributed by atoms with Crippen LogP contribution in [0.5, 0.6) is 0 Å².